The highest BCUT2D eigenvalue weighted by atomic mass is 16.7. The Morgan fingerprint density at radius 2 is 1.00 bits per heavy atom. The van der Waals surface area contributed by atoms with Gasteiger partial charge in [-0.3, -0.25) is 9.59 Å². The molecule has 1 aliphatic rings. The van der Waals surface area contributed by atoms with Crippen molar-refractivity contribution < 1.29 is 49.0 Å². The molecule has 0 spiro atoms. The fourth-order valence-electron chi connectivity index (χ4n) is 6.43. The summed E-state index contributed by atoms with van der Waals surface area (Å²) in [6.45, 7) is 3.24. The third-order valence-corrected chi connectivity index (χ3v) is 10.1. The molecule has 0 aromatic heterocycles. The first-order valence-corrected chi connectivity index (χ1v) is 23.0. The van der Waals surface area contributed by atoms with E-state index in [1.54, 1.807) is 0 Å². The Morgan fingerprint density at radius 1 is 0.542 bits per heavy atom. The molecule has 1 rings (SSSR count). The first-order valence-electron chi connectivity index (χ1n) is 23.0. The van der Waals surface area contributed by atoms with Gasteiger partial charge in [0.2, 0.25) is 0 Å². The van der Waals surface area contributed by atoms with Crippen molar-refractivity contribution in [1.82, 2.24) is 0 Å². The number of unbranched alkanes of at least 4 members (excludes halogenated alkanes) is 14. The second kappa shape index (κ2) is 39.3. The maximum atomic E-state index is 12.8. The Morgan fingerprint density at radius 3 is 1.54 bits per heavy atom. The molecule has 10 nitrogen and oxygen atoms in total. The summed E-state index contributed by atoms with van der Waals surface area (Å²) in [5.41, 5.74) is 0. The summed E-state index contributed by atoms with van der Waals surface area (Å²) in [5, 5.41) is 40.1. The number of aliphatic hydroxyl groups is 4. The highest BCUT2D eigenvalue weighted by molar-refractivity contribution is 5.70. The lowest BCUT2D eigenvalue weighted by Gasteiger charge is -2.39. The molecule has 0 saturated carbocycles. The summed E-state index contributed by atoms with van der Waals surface area (Å²) in [5.74, 6) is -0.852. The van der Waals surface area contributed by atoms with Crippen molar-refractivity contribution in [3.05, 3.63) is 72.9 Å². The predicted molar refractivity (Wildman–Crippen MR) is 238 cm³/mol. The zero-order valence-corrected chi connectivity index (χ0v) is 36.7. The van der Waals surface area contributed by atoms with Crippen molar-refractivity contribution in [2.45, 2.75) is 205 Å². The van der Waals surface area contributed by atoms with Crippen LogP contribution in [0.25, 0.3) is 0 Å². The summed E-state index contributed by atoms with van der Waals surface area (Å²) in [6.07, 6.45) is 41.9. The molecule has 0 aromatic rings. The van der Waals surface area contributed by atoms with Gasteiger partial charge in [-0.15, -0.1) is 0 Å². The van der Waals surface area contributed by atoms with E-state index in [4.69, 9.17) is 18.9 Å². The van der Waals surface area contributed by atoms with Gasteiger partial charge in [0.25, 0.3) is 0 Å². The van der Waals surface area contributed by atoms with E-state index >= 15 is 0 Å². The highest BCUT2D eigenvalue weighted by Gasteiger charge is 2.44. The van der Waals surface area contributed by atoms with Gasteiger partial charge >= 0.3 is 11.9 Å². The van der Waals surface area contributed by atoms with Gasteiger partial charge in [0, 0.05) is 12.8 Å². The van der Waals surface area contributed by atoms with Gasteiger partial charge in [-0.05, 0) is 77.0 Å². The molecule has 1 saturated heterocycles. The second-order valence-electron chi connectivity index (χ2n) is 15.5. The smallest absolute Gasteiger partial charge is 0.306 e. The highest BCUT2D eigenvalue weighted by Crippen LogP contribution is 2.22. The Hall–Kier alpha value is -2.86. The summed E-state index contributed by atoms with van der Waals surface area (Å²) >= 11 is 0. The van der Waals surface area contributed by atoms with Crippen molar-refractivity contribution in [3.63, 3.8) is 0 Å². The number of allylic oxidation sites excluding steroid dienone is 12. The first kappa shape index (κ1) is 54.2. The number of aliphatic hydroxyl groups excluding tert-OH is 4. The van der Waals surface area contributed by atoms with E-state index in [1.807, 2.05) is 0 Å². The summed E-state index contributed by atoms with van der Waals surface area (Å²) in [6, 6.07) is 0. The second-order valence-corrected chi connectivity index (χ2v) is 15.5. The molecule has 4 N–H and O–H groups in total. The lowest BCUT2D eigenvalue weighted by molar-refractivity contribution is -0.305. The van der Waals surface area contributed by atoms with Gasteiger partial charge in [-0.2, -0.15) is 0 Å². The number of rotatable bonds is 37. The Balaban J connectivity index is 2.36. The molecule has 10 heteroatoms. The monoisotopic (exact) mass is 831 g/mol. The van der Waals surface area contributed by atoms with E-state index in [9.17, 15) is 30.0 Å². The quantitative estimate of drug-likeness (QED) is 0.0271. The normalized spacial score (nSPS) is 20.7. The van der Waals surface area contributed by atoms with E-state index in [0.29, 0.717) is 12.8 Å². The molecular weight excluding hydrogens is 749 g/mol. The first-order chi connectivity index (χ1) is 28.8. The lowest BCUT2D eigenvalue weighted by atomic mass is 9.99. The van der Waals surface area contributed by atoms with Crippen LogP contribution in [-0.2, 0) is 28.5 Å². The average Bonchev–Trinajstić information content (AvgIpc) is 3.23. The van der Waals surface area contributed by atoms with Crippen LogP contribution in [-0.4, -0.2) is 89.0 Å². The number of ether oxygens (including phenoxy) is 4. The third-order valence-electron chi connectivity index (χ3n) is 10.1. The van der Waals surface area contributed by atoms with Gasteiger partial charge < -0.3 is 39.4 Å². The Labute approximate surface area is 357 Å². The van der Waals surface area contributed by atoms with Crippen LogP contribution in [0.4, 0.5) is 0 Å². The standard InChI is InChI=1S/C49H82O10/c1-3-5-7-9-11-13-15-17-19-20-21-22-24-26-28-30-32-34-36-38-45(52)58-42(41-57-49-48(55)47(54)46(53)43(39-50)59-49)40-56-44(51)37-35-33-31-29-27-25-23-18-16-14-12-10-8-6-4-2/h5,7,10-13,17,19,21-22,26,28,42-43,46-50,53-55H,3-4,6,8-9,14-16,18,20,23-25,27,29-41H2,1-2H3/b7-5+,12-10+,13-11+,19-17+,22-21+,28-26+/t42-,43-,46+,47?,48?,49-/m1/s1. The molecule has 338 valence electrons. The van der Waals surface area contributed by atoms with Crippen molar-refractivity contribution in [2.75, 3.05) is 19.8 Å². The van der Waals surface area contributed by atoms with Crippen LogP contribution >= 0.6 is 0 Å². The molecule has 0 amide bonds. The zero-order valence-electron chi connectivity index (χ0n) is 36.7. The molecule has 2 unspecified atom stereocenters. The minimum Gasteiger partial charge on any atom is -0.462 e. The zero-order chi connectivity index (χ0) is 43.0. The average molecular weight is 831 g/mol. The molecular formula is C49H82O10. The Bertz CT molecular complexity index is 1190. The number of esters is 2. The number of carbonyl (C=O) groups is 2. The van der Waals surface area contributed by atoms with E-state index < -0.39 is 55.4 Å². The maximum absolute atomic E-state index is 12.8. The summed E-state index contributed by atoms with van der Waals surface area (Å²) in [7, 11) is 0. The molecule has 0 aliphatic carbocycles. The maximum Gasteiger partial charge on any atom is 0.306 e. The van der Waals surface area contributed by atoms with E-state index in [1.165, 1.54) is 57.8 Å². The summed E-state index contributed by atoms with van der Waals surface area (Å²) in [4.78, 5) is 25.3. The molecule has 6 atom stereocenters. The predicted octanol–water partition coefficient (Wildman–Crippen LogP) is 10.00. The molecule has 0 aromatic carbocycles. The lowest BCUT2D eigenvalue weighted by Crippen LogP contribution is -2.59. The van der Waals surface area contributed by atoms with Crippen LogP contribution in [0.2, 0.25) is 0 Å². The van der Waals surface area contributed by atoms with Crippen molar-refractivity contribution in [2.24, 2.45) is 0 Å². The van der Waals surface area contributed by atoms with E-state index in [-0.39, 0.29) is 26.1 Å². The van der Waals surface area contributed by atoms with Gasteiger partial charge in [0.15, 0.2) is 12.4 Å². The molecule has 1 fully saturated rings. The number of carbonyl (C=O) groups excluding carboxylic acids is 2. The molecule has 0 bridgehead atoms. The molecule has 1 heterocycles. The number of hydrogen-bond acceptors (Lipinski definition) is 10. The van der Waals surface area contributed by atoms with Crippen molar-refractivity contribution in [1.29, 1.82) is 0 Å². The van der Waals surface area contributed by atoms with Gasteiger partial charge in [0.05, 0.1) is 13.2 Å². The van der Waals surface area contributed by atoms with Gasteiger partial charge in [-0.25, -0.2) is 0 Å². The SMILES string of the molecule is CC/C=C/C/C=C/C/C=C/C/C=C/C/C=C/CCCCCC(=O)O[C@H](COC(=O)CCCCCCCCCCC/C=C/CCCC)CO[C@@H]1O[C@H](CO)[C@H](O)C(O)C1O. The van der Waals surface area contributed by atoms with Gasteiger partial charge in [0.1, 0.15) is 31.0 Å². The minimum atomic E-state index is -1.60. The molecule has 1 aliphatic heterocycles. The van der Waals surface area contributed by atoms with E-state index in [2.05, 4.69) is 86.8 Å². The molecule has 59 heavy (non-hydrogen) atoms. The van der Waals surface area contributed by atoms with Crippen molar-refractivity contribution >= 4 is 11.9 Å². The van der Waals surface area contributed by atoms with Crippen molar-refractivity contribution in [3.8, 4) is 0 Å². The number of hydrogen-bond donors (Lipinski definition) is 4. The fourth-order valence-corrected chi connectivity index (χ4v) is 6.43. The van der Waals surface area contributed by atoms with Crippen LogP contribution in [0.15, 0.2) is 72.9 Å². The Kier molecular flexibility index (Phi) is 36.1. The molecule has 0 radical (unpaired) electrons. The van der Waals surface area contributed by atoms with E-state index in [0.717, 1.165) is 70.6 Å². The van der Waals surface area contributed by atoms with Gasteiger partial charge in [-0.1, -0.05) is 151 Å². The van der Waals surface area contributed by atoms with Crippen LogP contribution < -0.4 is 0 Å². The topological polar surface area (TPSA) is 152 Å². The summed E-state index contributed by atoms with van der Waals surface area (Å²) < 4.78 is 22.1. The van der Waals surface area contributed by atoms with Crippen LogP contribution in [0.1, 0.15) is 168 Å². The van der Waals surface area contributed by atoms with Crippen LogP contribution in [0.5, 0.6) is 0 Å². The minimum absolute atomic E-state index is 0.187. The fraction of sp³-hybridized carbons (Fsp3) is 0.714. The van der Waals surface area contributed by atoms with Crippen LogP contribution in [0.3, 0.4) is 0 Å². The third kappa shape index (κ3) is 30.8. The largest absolute Gasteiger partial charge is 0.462 e. The van der Waals surface area contributed by atoms with Crippen LogP contribution in [0, 0.1) is 0 Å².